The number of thiazole rings is 1. The lowest BCUT2D eigenvalue weighted by Crippen LogP contribution is -2.36. The van der Waals surface area contributed by atoms with Gasteiger partial charge in [-0.1, -0.05) is 36.4 Å². The molecule has 2 aromatic heterocycles. The molecule has 1 amide bonds. The fourth-order valence-electron chi connectivity index (χ4n) is 3.57. The van der Waals surface area contributed by atoms with Crippen molar-refractivity contribution in [3.8, 4) is 9.88 Å². The van der Waals surface area contributed by atoms with Gasteiger partial charge in [-0.15, -0.1) is 22.7 Å². The predicted octanol–water partition coefficient (Wildman–Crippen LogP) is 4.75. The molecular weight excluding hydrogens is 374 g/mol. The van der Waals surface area contributed by atoms with Gasteiger partial charge in [-0.05, 0) is 49.9 Å². The fraction of sp³-hybridized carbons (Fsp3) is 0.333. The molecule has 1 aliphatic heterocycles. The van der Waals surface area contributed by atoms with Crippen molar-refractivity contribution in [1.29, 1.82) is 0 Å². The Bertz CT molecular complexity index is 884. The number of nitrogens with one attached hydrogen (secondary N) is 1. The Kier molecular flexibility index (Phi) is 5.66. The van der Waals surface area contributed by atoms with Crippen LogP contribution in [0.1, 0.15) is 39.8 Å². The summed E-state index contributed by atoms with van der Waals surface area (Å²) in [6, 6.07) is 14.8. The van der Waals surface area contributed by atoms with Gasteiger partial charge in [0.2, 0.25) is 0 Å². The third-order valence-electron chi connectivity index (χ3n) is 4.96. The van der Waals surface area contributed by atoms with Crippen LogP contribution in [0.5, 0.6) is 0 Å². The smallest absolute Gasteiger partial charge is 0.263 e. The number of carbonyl (C=O) groups is 1. The highest BCUT2D eigenvalue weighted by molar-refractivity contribution is 7.22. The largest absolute Gasteiger partial charge is 0.349 e. The number of amides is 1. The SMILES string of the molecule is Cc1nc(-c2cccs2)sc1C(=O)NC[C@@H](c1ccccc1)N1CCCC1. The van der Waals surface area contributed by atoms with Crippen LogP contribution in [0, 0.1) is 6.92 Å². The zero-order valence-electron chi connectivity index (χ0n) is 15.4. The van der Waals surface area contributed by atoms with Gasteiger partial charge >= 0.3 is 0 Å². The molecule has 0 aliphatic carbocycles. The van der Waals surface area contributed by atoms with E-state index in [1.165, 1.54) is 29.7 Å². The van der Waals surface area contributed by atoms with E-state index in [2.05, 4.69) is 39.5 Å². The molecule has 1 atom stereocenters. The summed E-state index contributed by atoms with van der Waals surface area (Å²) in [5, 5.41) is 6.12. The number of nitrogens with zero attached hydrogens (tertiary/aromatic N) is 2. The van der Waals surface area contributed by atoms with E-state index in [9.17, 15) is 4.79 Å². The standard InChI is InChI=1S/C21H23N3OS2/c1-15-19(27-21(23-15)18-10-7-13-26-18)20(25)22-14-17(24-11-5-6-12-24)16-8-3-2-4-9-16/h2-4,7-10,13,17H,5-6,11-12,14H2,1H3,(H,22,25)/t17-/m0/s1. The molecule has 3 heterocycles. The third-order valence-corrected chi connectivity index (χ3v) is 7.15. The summed E-state index contributed by atoms with van der Waals surface area (Å²) in [4.78, 5) is 21.7. The van der Waals surface area contributed by atoms with Gasteiger partial charge in [0.25, 0.3) is 5.91 Å². The zero-order chi connectivity index (χ0) is 18.6. The summed E-state index contributed by atoms with van der Waals surface area (Å²) in [5.41, 5.74) is 2.07. The molecule has 27 heavy (non-hydrogen) atoms. The van der Waals surface area contributed by atoms with E-state index in [-0.39, 0.29) is 11.9 Å². The lowest BCUT2D eigenvalue weighted by atomic mass is 10.1. The highest BCUT2D eigenvalue weighted by Crippen LogP contribution is 2.31. The average Bonchev–Trinajstić information content (AvgIpc) is 3.44. The van der Waals surface area contributed by atoms with Gasteiger partial charge in [0, 0.05) is 6.54 Å². The molecule has 1 N–H and O–H groups in total. The van der Waals surface area contributed by atoms with E-state index in [0.29, 0.717) is 11.4 Å². The Hall–Kier alpha value is -2.02. The Morgan fingerprint density at radius 2 is 1.96 bits per heavy atom. The van der Waals surface area contributed by atoms with E-state index >= 15 is 0 Å². The zero-order valence-corrected chi connectivity index (χ0v) is 17.0. The first kappa shape index (κ1) is 18.3. The van der Waals surface area contributed by atoms with E-state index < -0.39 is 0 Å². The first-order valence-corrected chi connectivity index (χ1v) is 11.0. The van der Waals surface area contributed by atoms with Crippen LogP contribution in [0.4, 0.5) is 0 Å². The van der Waals surface area contributed by atoms with Crippen LogP contribution in [0.3, 0.4) is 0 Å². The summed E-state index contributed by atoms with van der Waals surface area (Å²) in [7, 11) is 0. The minimum Gasteiger partial charge on any atom is -0.349 e. The van der Waals surface area contributed by atoms with Crippen LogP contribution in [0.15, 0.2) is 47.8 Å². The Morgan fingerprint density at radius 1 is 1.19 bits per heavy atom. The Balaban J connectivity index is 1.48. The van der Waals surface area contributed by atoms with Crippen LogP contribution in [-0.2, 0) is 0 Å². The maximum Gasteiger partial charge on any atom is 0.263 e. The molecule has 1 aliphatic rings. The molecular formula is C21H23N3OS2. The third kappa shape index (κ3) is 4.13. The number of hydrogen-bond donors (Lipinski definition) is 1. The molecule has 140 valence electrons. The highest BCUT2D eigenvalue weighted by atomic mass is 32.1. The fourth-order valence-corrected chi connectivity index (χ4v) is 5.35. The van der Waals surface area contributed by atoms with Gasteiger partial charge in [-0.2, -0.15) is 0 Å². The van der Waals surface area contributed by atoms with Crippen molar-refractivity contribution in [3.05, 3.63) is 64.0 Å². The normalized spacial score (nSPS) is 15.7. The van der Waals surface area contributed by atoms with Crippen LogP contribution < -0.4 is 5.32 Å². The second kappa shape index (κ2) is 8.33. The first-order chi connectivity index (χ1) is 13.2. The Labute approximate surface area is 167 Å². The van der Waals surface area contributed by atoms with Crippen molar-refractivity contribution in [2.75, 3.05) is 19.6 Å². The van der Waals surface area contributed by atoms with Crippen molar-refractivity contribution < 1.29 is 4.79 Å². The Morgan fingerprint density at radius 3 is 2.67 bits per heavy atom. The topological polar surface area (TPSA) is 45.2 Å². The quantitative estimate of drug-likeness (QED) is 0.653. The maximum atomic E-state index is 12.8. The number of aromatic nitrogens is 1. The van der Waals surface area contributed by atoms with Crippen molar-refractivity contribution in [2.45, 2.75) is 25.8 Å². The number of benzene rings is 1. The van der Waals surface area contributed by atoms with Crippen molar-refractivity contribution in [2.24, 2.45) is 0 Å². The molecule has 0 spiro atoms. The van der Waals surface area contributed by atoms with Crippen LogP contribution in [0.2, 0.25) is 0 Å². The molecule has 1 aromatic carbocycles. The summed E-state index contributed by atoms with van der Waals surface area (Å²) in [5.74, 6) is -0.0204. The summed E-state index contributed by atoms with van der Waals surface area (Å²) in [6.07, 6.45) is 2.46. The van der Waals surface area contributed by atoms with Crippen LogP contribution in [0.25, 0.3) is 9.88 Å². The summed E-state index contributed by atoms with van der Waals surface area (Å²) in [6.45, 7) is 4.72. The van der Waals surface area contributed by atoms with Crippen molar-refractivity contribution >= 4 is 28.6 Å². The van der Waals surface area contributed by atoms with E-state index in [1.54, 1.807) is 11.3 Å². The average molecular weight is 398 g/mol. The monoisotopic (exact) mass is 397 g/mol. The molecule has 1 fully saturated rings. The maximum absolute atomic E-state index is 12.8. The van der Waals surface area contributed by atoms with Gasteiger partial charge in [0.05, 0.1) is 16.6 Å². The predicted molar refractivity (Wildman–Crippen MR) is 112 cm³/mol. The minimum absolute atomic E-state index is 0.0204. The number of rotatable bonds is 6. The minimum atomic E-state index is -0.0204. The molecule has 0 bridgehead atoms. The second-order valence-corrected chi connectivity index (χ2v) is 8.74. The number of carbonyl (C=O) groups excluding carboxylic acids is 1. The van der Waals surface area contributed by atoms with Crippen molar-refractivity contribution in [1.82, 2.24) is 15.2 Å². The van der Waals surface area contributed by atoms with E-state index in [4.69, 9.17) is 0 Å². The van der Waals surface area contributed by atoms with Crippen molar-refractivity contribution in [3.63, 3.8) is 0 Å². The summed E-state index contributed by atoms with van der Waals surface area (Å²) >= 11 is 3.13. The lowest BCUT2D eigenvalue weighted by molar-refractivity contribution is 0.0941. The molecule has 1 saturated heterocycles. The number of hydrogen-bond acceptors (Lipinski definition) is 5. The first-order valence-electron chi connectivity index (χ1n) is 9.31. The van der Waals surface area contributed by atoms with E-state index in [0.717, 1.165) is 28.7 Å². The van der Waals surface area contributed by atoms with Gasteiger partial charge in [0.15, 0.2) is 0 Å². The molecule has 4 nitrogen and oxygen atoms in total. The van der Waals surface area contributed by atoms with E-state index in [1.807, 2.05) is 30.5 Å². The molecule has 6 heteroatoms. The van der Waals surface area contributed by atoms with Gasteiger partial charge < -0.3 is 5.32 Å². The van der Waals surface area contributed by atoms with Gasteiger partial charge in [-0.25, -0.2) is 4.98 Å². The molecule has 0 radical (unpaired) electrons. The highest BCUT2D eigenvalue weighted by Gasteiger charge is 2.25. The van der Waals surface area contributed by atoms with Gasteiger partial charge in [-0.3, -0.25) is 9.69 Å². The molecule has 0 unspecified atom stereocenters. The molecule has 3 aromatic rings. The number of likely N-dealkylation sites (tertiary alicyclic amines) is 1. The van der Waals surface area contributed by atoms with Gasteiger partial charge in [0.1, 0.15) is 9.88 Å². The molecule has 0 saturated carbocycles. The lowest BCUT2D eigenvalue weighted by Gasteiger charge is -2.28. The van der Waals surface area contributed by atoms with Crippen LogP contribution >= 0.6 is 22.7 Å². The number of aryl methyl sites for hydroxylation is 1. The van der Waals surface area contributed by atoms with Crippen LogP contribution in [-0.4, -0.2) is 35.4 Å². The molecule has 4 rings (SSSR count). The summed E-state index contributed by atoms with van der Waals surface area (Å²) < 4.78 is 0. The number of thiophene rings is 1. The second-order valence-electron chi connectivity index (χ2n) is 6.79.